The summed E-state index contributed by atoms with van der Waals surface area (Å²) in [6.07, 6.45) is 1.52. The number of allylic oxidation sites excluding steroid dienone is 2. The Kier molecular flexibility index (Phi) is 4.42. The van der Waals surface area contributed by atoms with Gasteiger partial charge in [0.1, 0.15) is 0 Å². The molecule has 0 N–H and O–H groups in total. The number of carbonyl (C=O) groups is 1. The van der Waals surface area contributed by atoms with Crippen molar-refractivity contribution in [3.63, 3.8) is 0 Å². The number of ketones is 1. The molecule has 2 nitrogen and oxygen atoms in total. The smallest absolute Gasteiger partial charge is 0.539 e. The Morgan fingerprint density at radius 1 is 1.40 bits per heavy atom. The molecule has 0 rings (SSSR count). The summed E-state index contributed by atoms with van der Waals surface area (Å²) in [5.74, 6) is 4.93. The highest BCUT2D eigenvalue weighted by Gasteiger charge is 2.05. The topological polar surface area (TPSA) is 26.3 Å². The lowest BCUT2D eigenvalue weighted by atomic mass is 10.4. The molecule has 0 heterocycles. The summed E-state index contributed by atoms with van der Waals surface area (Å²) >= 11 is -1.01. The van der Waals surface area contributed by atoms with Crippen molar-refractivity contribution in [1.82, 2.24) is 0 Å². The number of rotatable bonds is 3. The van der Waals surface area contributed by atoms with Gasteiger partial charge in [0.25, 0.3) is 0 Å². The average molecular weight is 156 g/mol. The number of hydrogen-bond acceptors (Lipinski definition) is 2. The van der Waals surface area contributed by atoms with Crippen molar-refractivity contribution in [2.45, 2.75) is 25.4 Å². The first kappa shape index (κ1) is 9.74. The van der Waals surface area contributed by atoms with Crippen LogP contribution in [-0.4, -0.2) is 20.3 Å². The third kappa shape index (κ3) is 5.87. The van der Waals surface area contributed by atoms with E-state index in [1.807, 2.05) is 6.92 Å². The fraction of sp³-hybridized carbons (Fsp3) is 0.571. The quantitative estimate of drug-likeness (QED) is 0.353. The van der Waals surface area contributed by atoms with Gasteiger partial charge in [0.2, 0.25) is 0 Å². The SMILES string of the molecule is CC(=O)C=C(C)[O][Al]([CH3])[CH3]. The fourth-order valence-electron chi connectivity index (χ4n) is 0.692. The maximum absolute atomic E-state index is 10.5. The van der Waals surface area contributed by atoms with Gasteiger partial charge in [-0.25, -0.2) is 0 Å². The lowest BCUT2D eigenvalue weighted by molar-refractivity contribution is -0.112. The minimum absolute atomic E-state index is 0.0483. The van der Waals surface area contributed by atoms with Gasteiger partial charge in [-0.1, -0.05) is 11.6 Å². The van der Waals surface area contributed by atoms with Gasteiger partial charge in [-0.3, -0.25) is 4.79 Å². The molecule has 0 saturated heterocycles. The van der Waals surface area contributed by atoms with E-state index in [0.29, 0.717) is 0 Å². The Balaban J connectivity index is 3.83. The Morgan fingerprint density at radius 3 is 2.20 bits per heavy atom. The zero-order valence-corrected chi connectivity index (χ0v) is 8.13. The Labute approximate surface area is 66.6 Å². The van der Waals surface area contributed by atoms with Crippen molar-refractivity contribution in [2.75, 3.05) is 0 Å². The first-order valence-corrected chi connectivity index (χ1v) is 6.16. The molecule has 0 aliphatic rings. The minimum atomic E-state index is -1.01. The fourth-order valence-corrected chi connectivity index (χ4v) is 1.50. The van der Waals surface area contributed by atoms with Crippen LogP contribution in [0.15, 0.2) is 11.8 Å². The third-order valence-corrected chi connectivity index (χ3v) is 1.67. The second-order valence-electron chi connectivity index (χ2n) is 2.53. The van der Waals surface area contributed by atoms with E-state index in [2.05, 4.69) is 11.6 Å². The van der Waals surface area contributed by atoms with E-state index in [4.69, 9.17) is 3.79 Å². The van der Waals surface area contributed by atoms with E-state index in [9.17, 15) is 4.79 Å². The van der Waals surface area contributed by atoms with E-state index in [1.165, 1.54) is 13.0 Å². The predicted octanol–water partition coefficient (Wildman–Crippen LogP) is 1.75. The van der Waals surface area contributed by atoms with E-state index in [0.717, 1.165) is 5.76 Å². The van der Waals surface area contributed by atoms with Crippen molar-refractivity contribution in [3.8, 4) is 0 Å². The molecular formula is C7H13AlO2. The van der Waals surface area contributed by atoms with Gasteiger partial charge in [0, 0.05) is 6.08 Å². The Hall–Kier alpha value is -0.258. The first-order valence-electron chi connectivity index (χ1n) is 3.38. The average Bonchev–Trinajstić information content (AvgIpc) is 1.58. The molecule has 0 spiro atoms. The van der Waals surface area contributed by atoms with Crippen LogP contribution in [0.2, 0.25) is 11.6 Å². The summed E-state index contributed by atoms with van der Waals surface area (Å²) in [4.78, 5) is 10.5. The standard InChI is InChI=1S/C5H8O2.2CH3.Al/c1-4(6)3-5(2)7;;;/h3,6H,1-2H3;2*1H3;/q;;;+1/p-1. The lowest BCUT2D eigenvalue weighted by Crippen LogP contribution is -2.06. The molecule has 0 radical (unpaired) electrons. The van der Waals surface area contributed by atoms with Crippen LogP contribution in [0, 0.1) is 0 Å². The van der Waals surface area contributed by atoms with Crippen LogP contribution in [0.3, 0.4) is 0 Å². The predicted molar refractivity (Wildman–Crippen MR) is 43.0 cm³/mol. The molecule has 0 fully saturated rings. The van der Waals surface area contributed by atoms with Crippen LogP contribution < -0.4 is 0 Å². The summed E-state index contributed by atoms with van der Waals surface area (Å²) in [5, 5.41) is 0. The molecule has 10 heavy (non-hydrogen) atoms. The van der Waals surface area contributed by atoms with Crippen LogP contribution in [0.1, 0.15) is 13.8 Å². The molecule has 0 unspecified atom stereocenters. The maximum Gasteiger partial charge on any atom is 0.539 e. The Bertz CT molecular complexity index is 150. The third-order valence-electron chi connectivity index (χ3n) is 0.828. The van der Waals surface area contributed by atoms with E-state index >= 15 is 0 Å². The minimum Gasteiger partial charge on any atom is -0.646 e. The molecule has 0 saturated carbocycles. The number of hydrogen-bond donors (Lipinski definition) is 0. The van der Waals surface area contributed by atoms with Crippen molar-refractivity contribution < 1.29 is 8.58 Å². The van der Waals surface area contributed by atoms with E-state index in [-0.39, 0.29) is 5.78 Å². The zero-order chi connectivity index (χ0) is 8.15. The van der Waals surface area contributed by atoms with Crippen molar-refractivity contribution >= 4 is 20.3 Å². The van der Waals surface area contributed by atoms with Crippen molar-refractivity contribution in [1.29, 1.82) is 0 Å². The summed E-state index contributed by atoms with van der Waals surface area (Å²) in [6, 6.07) is 0. The molecule has 0 atom stereocenters. The molecule has 56 valence electrons. The van der Waals surface area contributed by atoms with Gasteiger partial charge in [-0.15, -0.1) is 0 Å². The molecule has 0 aromatic carbocycles. The highest BCUT2D eigenvalue weighted by molar-refractivity contribution is 6.48. The normalized spacial score (nSPS) is 11.0. The highest BCUT2D eigenvalue weighted by atomic mass is 27.2. The summed E-state index contributed by atoms with van der Waals surface area (Å²) in [5.41, 5.74) is 0. The van der Waals surface area contributed by atoms with Gasteiger partial charge in [0.05, 0.1) is 5.76 Å². The second kappa shape index (κ2) is 4.54. The van der Waals surface area contributed by atoms with Crippen LogP contribution in [0.5, 0.6) is 0 Å². The summed E-state index contributed by atoms with van der Waals surface area (Å²) in [6.45, 7) is 3.34. The van der Waals surface area contributed by atoms with Gasteiger partial charge < -0.3 is 3.79 Å². The maximum atomic E-state index is 10.5. The van der Waals surface area contributed by atoms with Crippen LogP contribution in [-0.2, 0) is 8.58 Å². The Morgan fingerprint density at radius 2 is 1.90 bits per heavy atom. The lowest BCUT2D eigenvalue weighted by Gasteiger charge is -2.06. The van der Waals surface area contributed by atoms with E-state index < -0.39 is 14.5 Å². The van der Waals surface area contributed by atoms with Gasteiger partial charge in [-0.2, -0.15) is 0 Å². The molecule has 0 aliphatic carbocycles. The molecule has 0 bridgehead atoms. The summed E-state index contributed by atoms with van der Waals surface area (Å²) in [7, 11) is 0. The highest BCUT2D eigenvalue weighted by Crippen LogP contribution is 1.97. The second-order valence-corrected chi connectivity index (χ2v) is 4.87. The van der Waals surface area contributed by atoms with Gasteiger partial charge in [-0.05, 0) is 13.8 Å². The van der Waals surface area contributed by atoms with Crippen LogP contribution in [0.25, 0.3) is 0 Å². The van der Waals surface area contributed by atoms with Gasteiger partial charge in [0.15, 0.2) is 5.78 Å². The summed E-state index contributed by atoms with van der Waals surface area (Å²) < 4.78 is 5.34. The molecular weight excluding hydrogens is 143 g/mol. The molecule has 0 aliphatic heterocycles. The molecule has 0 amide bonds. The van der Waals surface area contributed by atoms with Crippen molar-refractivity contribution in [2.24, 2.45) is 0 Å². The monoisotopic (exact) mass is 156 g/mol. The van der Waals surface area contributed by atoms with Crippen LogP contribution >= 0.6 is 0 Å². The van der Waals surface area contributed by atoms with Gasteiger partial charge >= 0.3 is 14.5 Å². The van der Waals surface area contributed by atoms with E-state index in [1.54, 1.807) is 0 Å². The molecule has 0 aromatic heterocycles. The molecule has 0 aromatic rings. The molecule has 3 heteroatoms. The largest absolute Gasteiger partial charge is 0.646 e. The number of carbonyl (C=O) groups excluding carboxylic acids is 1. The van der Waals surface area contributed by atoms with Crippen LogP contribution in [0.4, 0.5) is 0 Å². The van der Waals surface area contributed by atoms with Crippen molar-refractivity contribution in [3.05, 3.63) is 11.8 Å². The zero-order valence-electron chi connectivity index (χ0n) is 6.97. The first-order chi connectivity index (χ1) is 4.52.